The summed E-state index contributed by atoms with van der Waals surface area (Å²) in [4.78, 5) is 23.8. The second kappa shape index (κ2) is 10.9. The van der Waals surface area contributed by atoms with Gasteiger partial charge in [-0.3, -0.25) is 10.0 Å². The normalized spacial score (nSPS) is 11.4. The fraction of sp³-hybridized carbons (Fsp3) is 0.300. The van der Waals surface area contributed by atoms with Crippen molar-refractivity contribution >= 4 is 11.9 Å². The summed E-state index contributed by atoms with van der Waals surface area (Å²) in [5.74, 6) is -0.645. The molecule has 0 spiro atoms. The van der Waals surface area contributed by atoms with Crippen LogP contribution in [0.3, 0.4) is 0 Å². The first-order chi connectivity index (χ1) is 12.7. The largest absolute Gasteiger partial charge is 0.338 e. The first-order valence-electron chi connectivity index (χ1n) is 8.75. The minimum Gasteiger partial charge on any atom is -0.338 e. The molecule has 138 valence electrons. The molecule has 0 aliphatic carbocycles. The van der Waals surface area contributed by atoms with Crippen LogP contribution in [-0.4, -0.2) is 29.7 Å². The van der Waals surface area contributed by atoms with Crippen LogP contribution >= 0.6 is 0 Å². The molecule has 1 atom stereocenters. The Morgan fingerprint density at radius 3 is 2.12 bits per heavy atom. The van der Waals surface area contributed by atoms with Crippen molar-refractivity contribution in [1.82, 2.24) is 16.1 Å². The molecule has 2 rings (SSSR count). The zero-order valence-corrected chi connectivity index (χ0v) is 14.7. The highest BCUT2D eigenvalue weighted by Gasteiger charge is 2.20. The molecule has 3 amide bonds. The smallest absolute Gasteiger partial charge is 0.315 e. The fourth-order valence-corrected chi connectivity index (χ4v) is 2.65. The average Bonchev–Trinajstić information content (AvgIpc) is 2.68. The van der Waals surface area contributed by atoms with E-state index in [1.807, 2.05) is 48.5 Å². The Bertz CT molecular complexity index is 677. The number of rotatable bonds is 9. The van der Waals surface area contributed by atoms with Gasteiger partial charge in [-0.1, -0.05) is 60.7 Å². The molecule has 0 bridgehead atoms. The van der Waals surface area contributed by atoms with Crippen LogP contribution in [0.15, 0.2) is 60.7 Å². The van der Waals surface area contributed by atoms with Gasteiger partial charge in [0.2, 0.25) is 0 Å². The molecule has 6 nitrogen and oxygen atoms in total. The van der Waals surface area contributed by atoms with Crippen molar-refractivity contribution < 1.29 is 14.8 Å². The standard InChI is InChI=1S/C20H25N3O3/c24-19(23-26)18(15-17-12-5-2-6-13-17)22-20(25)21-14-8-7-11-16-9-3-1-4-10-16/h1-6,9-10,12-13,18,26H,7-8,11,14-15H2,(H,23,24)(H2,21,22,25)/t18-/m0/s1. The summed E-state index contributed by atoms with van der Waals surface area (Å²) < 4.78 is 0. The molecule has 0 heterocycles. The number of carbonyl (C=O) groups excluding carboxylic acids is 2. The highest BCUT2D eigenvalue weighted by Crippen LogP contribution is 2.05. The number of nitrogens with one attached hydrogen (secondary N) is 3. The van der Waals surface area contributed by atoms with Crippen molar-refractivity contribution in [1.29, 1.82) is 0 Å². The summed E-state index contributed by atoms with van der Waals surface area (Å²) in [7, 11) is 0. The van der Waals surface area contributed by atoms with Crippen LogP contribution in [0.25, 0.3) is 0 Å². The van der Waals surface area contributed by atoms with E-state index >= 15 is 0 Å². The molecule has 26 heavy (non-hydrogen) atoms. The summed E-state index contributed by atoms with van der Waals surface area (Å²) >= 11 is 0. The first-order valence-corrected chi connectivity index (χ1v) is 8.75. The van der Waals surface area contributed by atoms with Crippen LogP contribution < -0.4 is 16.1 Å². The number of benzene rings is 2. The van der Waals surface area contributed by atoms with E-state index in [0.717, 1.165) is 24.8 Å². The number of unbranched alkanes of at least 4 members (excludes halogenated alkanes) is 1. The number of hydrogen-bond acceptors (Lipinski definition) is 3. The van der Waals surface area contributed by atoms with Gasteiger partial charge in [0.1, 0.15) is 6.04 Å². The molecule has 0 saturated carbocycles. The Hall–Kier alpha value is -2.86. The van der Waals surface area contributed by atoms with E-state index in [9.17, 15) is 9.59 Å². The summed E-state index contributed by atoms with van der Waals surface area (Å²) in [6.07, 6.45) is 3.08. The van der Waals surface area contributed by atoms with Crippen molar-refractivity contribution in [3.05, 3.63) is 71.8 Å². The predicted molar refractivity (Wildman–Crippen MR) is 99.8 cm³/mol. The third-order valence-corrected chi connectivity index (χ3v) is 4.04. The predicted octanol–water partition coefficient (Wildman–Crippen LogP) is 2.43. The third-order valence-electron chi connectivity index (χ3n) is 4.04. The lowest BCUT2D eigenvalue weighted by molar-refractivity contribution is -0.131. The second-order valence-electron chi connectivity index (χ2n) is 6.06. The highest BCUT2D eigenvalue weighted by molar-refractivity contribution is 5.86. The Balaban J connectivity index is 1.71. The number of urea groups is 1. The van der Waals surface area contributed by atoms with Gasteiger partial charge in [-0.25, -0.2) is 10.3 Å². The number of amides is 3. The molecule has 2 aromatic rings. The fourth-order valence-electron chi connectivity index (χ4n) is 2.65. The Morgan fingerprint density at radius 2 is 1.50 bits per heavy atom. The van der Waals surface area contributed by atoms with Crippen LogP contribution in [0, 0.1) is 0 Å². The van der Waals surface area contributed by atoms with Crippen LogP contribution in [0.2, 0.25) is 0 Å². The summed E-state index contributed by atoms with van der Waals surface area (Å²) in [5.41, 5.74) is 3.77. The molecule has 0 radical (unpaired) electrons. The van der Waals surface area contributed by atoms with Gasteiger partial charge in [0.05, 0.1) is 0 Å². The van der Waals surface area contributed by atoms with Crippen LogP contribution in [0.1, 0.15) is 24.0 Å². The van der Waals surface area contributed by atoms with Gasteiger partial charge in [-0.15, -0.1) is 0 Å². The van der Waals surface area contributed by atoms with E-state index in [1.54, 1.807) is 5.48 Å². The quantitative estimate of drug-likeness (QED) is 0.316. The molecular formula is C20H25N3O3. The first kappa shape index (κ1) is 19.5. The Morgan fingerprint density at radius 1 is 0.885 bits per heavy atom. The molecule has 0 aromatic heterocycles. The van der Waals surface area contributed by atoms with Crippen LogP contribution in [0.5, 0.6) is 0 Å². The number of aryl methyl sites for hydroxylation is 1. The van der Waals surface area contributed by atoms with Gasteiger partial charge in [-0.2, -0.15) is 0 Å². The van der Waals surface area contributed by atoms with E-state index in [1.165, 1.54) is 5.56 Å². The van der Waals surface area contributed by atoms with Crippen LogP contribution in [0.4, 0.5) is 4.79 Å². The number of hydrogen-bond donors (Lipinski definition) is 4. The van der Waals surface area contributed by atoms with Crippen LogP contribution in [-0.2, 0) is 17.6 Å². The molecule has 0 unspecified atom stereocenters. The molecule has 2 aromatic carbocycles. The summed E-state index contributed by atoms with van der Waals surface area (Å²) in [6.45, 7) is 0.525. The lowest BCUT2D eigenvalue weighted by atomic mass is 10.1. The lowest BCUT2D eigenvalue weighted by Gasteiger charge is -2.17. The maximum Gasteiger partial charge on any atom is 0.315 e. The Labute approximate surface area is 153 Å². The van der Waals surface area contributed by atoms with Gasteiger partial charge < -0.3 is 10.6 Å². The average molecular weight is 355 g/mol. The molecule has 0 aliphatic rings. The van der Waals surface area contributed by atoms with E-state index in [4.69, 9.17) is 5.21 Å². The van der Waals surface area contributed by atoms with Gasteiger partial charge in [0.15, 0.2) is 0 Å². The number of hydroxylamine groups is 1. The topological polar surface area (TPSA) is 90.5 Å². The maximum absolute atomic E-state index is 12.0. The number of carbonyl (C=O) groups is 2. The van der Waals surface area contributed by atoms with Gasteiger partial charge in [0, 0.05) is 13.0 Å². The zero-order chi connectivity index (χ0) is 18.6. The van der Waals surface area contributed by atoms with E-state index in [2.05, 4.69) is 22.8 Å². The molecule has 0 fully saturated rings. The zero-order valence-electron chi connectivity index (χ0n) is 14.7. The molecule has 6 heteroatoms. The lowest BCUT2D eigenvalue weighted by Crippen LogP contribution is -2.50. The second-order valence-corrected chi connectivity index (χ2v) is 6.06. The SMILES string of the molecule is O=C(NCCCCc1ccccc1)N[C@@H](Cc1ccccc1)C(=O)NO. The molecule has 0 saturated heterocycles. The van der Waals surface area contributed by atoms with E-state index in [-0.39, 0.29) is 0 Å². The molecular weight excluding hydrogens is 330 g/mol. The van der Waals surface area contributed by atoms with Gasteiger partial charge in [-0.05, 0) is 30.4 Å². The van der Waals surface area contributed by atoms with Crippen molar-refractivity contribution in [2.75, 3.05) is 6.54 Å². The van der Waals surface area contributed by atoms with Crippen molar-refractivity contribution in [2.45, 2.75) is 31.7 Å². The van der Waals surface area contributed by atoms with Crippen molar-refractivity contribution in [3.63, 3.8) is 0 Å². The van der Waals surface area contributed by atoms with Crippen molar-refractivity contribution in [3.8, 4) is 0 Å². The van der Waals surface area contributed by atoms with Gasteiger partial charge >= 0.3 is 6.03 Å². The van der Waals surface area contributed by atoms with Gasteiger partial charge in [0.25, 0.3) is 5.91 Å². The Kier molecular flexibility index (Phi) is 8.15. The summed E-state index contributed by atoms with van der Waals surface area (Å²) in [6, 6.07) is 18.2. The molecule has 4 N–H and O–H groups in total. The molecule has 0 aliphatic heterocycles. The minimum absolute atomic E-state index is 0.300. The maximum atomic E-state index is 12.0. The highest BCUT2D eigenvalue weighted by atomic mass is 16.5. The van der Waals surface area contributed by atoms with E-state index < -0.39 is 18.0 Å². The van der Waals surface area contributed by atoms with Crippen molar-refractivity contribution in [2.24, 2.45) is 0 Å². The monoisotopic (exact) mass is 355 g/mol. The van der Waals surface area contributed by atoms with E-state index in [0.29, 0.717) is 13.0 Å². The third kappa shape index (κ3) is 6.94. The summed E-state index contributed by atoms with van der Waals surface area (Å²) in [5, 5.41) is 14.2. The minimum atomic E-state index is -0.841.